The number of likely N-dealkylation sites (tertiary alicyclic amines) is 1. The largest absolute Gasteiger partial charge is 0.382 e. The van der Waals surface area contributed by atoms with Crippen molar-refractivity contribution in [3.05, 3.63) is 84.6 Å². The number of fused-ring (bicyclic) bond motifs is 1. The maximum atomic E-state index is 12.9. The van der Waals surface area contributed by atoms with Crippen LogP contribution in [0.5, 0.6) is 0 Å². The predicted octanol–water partition coefficient (Wildman–Crippen LogP) is 3.49. The quantitative estimate of drug-likeness (QED) is 0.374. The average Bonchev–Trinajstić information content (AvgIpc) is 3.55. The van der Waals surface area contributed by atoms with Gasteiger partial charge in [0.25, 0.3) is 5.91 Å². The minimum Gasteiger partial charge on any atom is -0.382 e. The van der Waals surface area contributed by atoms with E-state index >= 15 is 0 Å². The van der Waals surface area contributed by atoms with Crippen molar-refractivity contribution in [3.63, 3.8) is 0 Å². The average molecular weight is 498 g/mol. The molecule has 10 heteroatoms. The molecule has 0 bridgehead atoms. The number of hydrogen-bond donors (Lipinski definition) is 2. The third-order valence-corrected chi connectivity index (χ3v) is 6.29. The van der Waals surface area contributed by atoms with Crippen LogP contribution in [0, 0.1) is 0 Å². The standard InChI is InChI=1S/C27H27N7O3/c1-37-17-5-8-22(35)33-15-4-6-20(33)26-32-23(24-25(28)30-14-16-34(24)26)18-9-11-19(12-10-18)27(36)31-21-7-2-3-13-29-21/h2-3,5,7-14,16,20H,4,6,15,17H2,1H3,(H2,28,30)(H,29,31,36). The molecule has 3 aromatic heterocycles. The molecule has 0 spiro atoms. The molecule has 4 aromatic rings. The van der Waals surface area contributed by atoms with E-state index in [9.17, 15) is 9.59 Å². The Bertz CT molecular complexity index is 1450. The summed E-state index contributed by atoms with van der Waals surface area (Å²) in [5, 5.41) is 2.78. The van der Waals surface area contributed by atoms with Gasteiger partial charge in [0.05, 0.1) is 12.6 Å². The molecule has 0 saturated carbocycles. The van der Waals surface area contributed by atoms with Gasteiger partial charge in [0.15, 0.2) is 0 Å². The van der Waals surface area contributed by atoms with Crippen LogP contribution in [-0.4, -0.2) is 56.3 Å². The number of imidazole rings is 1. The normalized spacial score (nSPS) is 15.5. The van der Waals surface area contributed by atoms with Crippen molar-refractivity contribution in [2.75, 3.05) is 31.3 Å². The van der Waals surface area contributed by atoms with Crippen LogP contribution in [-0.2, 0) is 9.53 Å². The number of benzene rings is 1. The number of nitrogens with one attached hydrogen (secondary N) is 1. The SMILES string of the molecule is COCC=CC(=O)N1CCCC1c1nc(-c2ccc(C(=O)Nc3ccccn3)cc2)c2c(N)nccn12. The van der Waals surface area contributed by atoms with Crippen molar-refractivity contribution >= 4 is 29.0 Å². The highest BCUT2D eigenvalue weighted by Gasteiger charge is 2.33. The maximum Gasteiger partial charge on any atom is 0.256 e. The molecule has 2 amide bonds. The van der Waals surface area contributed by atoms with E-state index in [-0.39, 0.29) is 17.9 Å². The van der Waals surface area contributed by atoms with Gasteiger partial charge in [0, 0.05) is 49.4 Å². The molecule has 1 aromatic carbocycles. The van der Waals surface area contributed by atoms with Crippen LogP contribution in [0.4, 0.5) is 11.6 Å². The molecule has 188 valence electrons. The number of ether oxygens (including phenoxy) is 1. The second kappa shape index (κ2) is 10.6. The Morgan fingerprint density at radius 2 is 2.00 bits per heavy atom. The molecule has 1 atom stereocenters. The number of rotatable bonds is 7. The Labute approximate surface area is 213 Å². The van der Waals surface area contributed by atoms with E-state index in [1.54, 1.807) is 62.0 Å². The van der Waals surface area contributed by atoms with E-state index < -0.39 is 0 Å². The Morgan fingerprint density at radius 3 is 2.76 bits per heavy atom. The van der Waals surface area contributed by atoms with Crippen LogP contribution in [0.3, 0.4) is 0 Å². The van der Waals surface area contributed by atoms with Gasteiger partial charge in [-0.3, -0.25) is 14.0 Å². The lowest BCUT2D eigenvalue weighted by atomic mass is 10.1. The molecular formula is C27H27N7O3. The van der Waals surface area contributed by atoms with E-state index in [0.717, 1.165) is 24.2 Å². The second-order valence-electron chi connectivity index (χ2n) is 8.64. The Balaban J connectivity index is 1.47. The van der Waals surface area contributed by atoms with Crippen molar-refractivity contribution in [2.45, 2.75) is 18.9 Å². The van der Waals surface area contributed by atoms with Crippen molar-refractivity contribution < 1.29 is 14.3 Å². The first-order valence-corrected chi connectivity index (χ1v) is 12.0. The zero-order chi connectivity index (χ0) is 25.8. The number of nitrogens with two attached hydrogens (primary N) is 1. The smallest absolute Gasteiger partial charge is 0.256 e. The van der Waals surface area contributed by atoms with Gasteiger partial charge in [-0.15, -0.1) is 0 Å². The summed E-state index contributed by atoms with van der Waals surface area (Å²) < 4.78 is 6.93. The zero-order valence-corrected chi connectivity index (χ0v) is 20.4. The van der Waals surface area contributed by atoms with Gasteiger partial charge in [-0.2, -0.15) is 0 Å². The zero-order valence-electron chi connectivity index (χ0n) is 20.4. The first-order valence-electron chi connectivity index (χ1n) is 12.0. The van der Waals surface area contributed by atoms with Crippen LogP contribution in [0.15, 0.2) is 73.2 Å². The van der Waals surface area contributed by atoms with Gasteiger partial charge in [0.1, 0.15) is 28.7 Å². The predicted molar refractivity (Wildman–Crippen MR) is 140 cm³/mol. The Hall–Kier alpha value is -4.57. The van der Waals surface area contributed by atoms with E-state index in [2.05, 4.69) is 15.3 Å². The monoisotopic (exact) mass is 497 g/mol. The van der Waals surface area contributed by atoms with Gasteiger partial charge in [-0.05, 0) is 37.1 Å². The molecule has 0 radical (unpaired) electrons. The number of carbonyl (C=O) groups is 2. The van der Waals surface area contributed by atoms with Crippen LogP contribution in [0.25, 0.3) is 16.8 Å². The van der Waals surface area contributed by atoms with E-state index in [0.29, 0.717) is 41.6 Å². The highest BCUT2D eigenvalue weighted by molar-refractivity contribution is 6.04. The fourth-order valence-corrected chi connectivity index (χ4v) is 4.57. The lowest BCUT2D eigenvalue weighted by molar-refractivity contribution is -0.127. The highest BCUT2D eigenvalue weighted by Crippen LogP contribution is 2.36. The summed E-state index contributed by atoms with van der Waals surface area (Å²) in [6.45, 7) is 1.02. The van der Waals surface area contributed by atoms with Gasteiger partial charge < -0.3 is 20.7 Å². The van der Waals surface area contributed by atoms with Gasteiger partial charge >= 0.3 is 0 Å². The van der Waals surface area contributed by atoms with Crippen LogP contribution < -0.4 is 11.1 Å². The summed E-state index contributed by atoms with van der Waals surface area (Å²) in [6, 6.07) is 12.2. The number of aromatic nitrogens is 4. The lowest BCUT2D eigenvalue weighted by Crippen LogP contribution is -2.30. The molecule has 4 heterocycles. The molecule has 0 aliphatic carbocycles. The Kier molecular flexibility index (Phi) is 6.91. The maximum absolute atomic E-state index is 12.9. The summed E-state index contributed by atoms with van der Waals surface area (Å²) in [6.07, 6.45) is 9.98. The number of methoxy groups -OCH3 is 1. The topological polar surface area (TPSA) is 128 Å². The molecule has 37 heavy (non-hydrogen) atoms. The molecule has 10 nitrogen and oxygen atoms in total. The number of pyridine rings is 1. The third kappa shape index (κ3) is 4.91. The van der Waals surface area contributed by atoms with Crippen LogP contribution >= 0.6 is 0 Å². The summed E-state index contributed by atoms with van der Waals surface area (Å²) in [4.78, 5) is 40.7. The van der Waals surface area contributed by atoms with Gasteiger partial charge in [0.2, 0.25) is 5.91 Å². The molecule has 1 aliphatic rings. The van der Waals surface area contributed by atoms with Crippen LogP contribution in [0.1, 0.15) is 35.1 Å². The molecule has 1 saturated heterocycles. The fourth-order valence-electron chi connectivity index (χ4n) is 4.57. The summed E-state index contributed by atoms with van der Waals surface area (Å²) in [7, 11) is 1.59. The molecular weight excluding hydrogens is 470 g/mol. The van der Waals surface area contributed by atoms with Gasteiger partial charge in [-0.25, -0.2) is 15.0 Å². The number of nitrogen functional groups attached to an aromatic ring is 1. The number of carbonyl (C=O) groups excluding carboxylic acids is 2. The third-order valence-electron chi connectivity index (χ3n) is 6.29. The van der Waals surface area contributed by atoms with Gasteiger partial charge in [-0.1, -0.05) is 24.3 Å². The second-order valence-corrected chi connectivity index (χ2v) is 8.64. The molecule has 5 rings (SSSR count). The van der Waals surface area contributed by atoms with Crippen molar-refractivity contribution in [3.8, 4) is 11.3 Å². The summed E-state index contributed by atoms with van der Waals surface area (Å²) in [5.41, 5.74) is 8.88. The minimum atomic E-state index is -0.261. The molecule has 3 N–H and O–H groups in total. The van der Waals surface area contributed by atoms with Crippen molar-refractivity contribution in [2.24, 2.45) is 0 Å². The van der Waals surface area contributed by atoms with E-state index in [1.165, 1.54) is 0 Å². The Morgan fingerprint density at radius 1 is 1.16 bits per heavy atom. The van der Waals surface area contributed by atoms with Crippen molar-refractivity contribution in [1.29, 1.82) is 0 Å². The van der Waals surface area contributed by atoms with Crippen LogP contribution in [0.2, 0.25) is 0 Å². The fraction of sp³-hybridized carbons (Fsp3) is 0.222. The number of hydrogen-bond acceptors (Lipinski definition) is 7. The van der Waals surface area contributed by atoms with E-state index in [4.69, 9.17) is 15.5 Å². The first-order chi connectivity index (χ1) is 18.1. The molecule has 1 fully saturated rings. The lowest BCUT2D eigenvalue weighted by Gasteiger charge is -2.22. The van der Waals surface area contributed by atoms with E-state index in [1.807, 2.05) is 27.6 Å². The molecule has 1 unspecified atom stereocenters. The molecule has 1 aliphatic heterocycles. The summed E-state index contributed by atoms with van der Waals surface area (Å²) in [5.74, 6) is 1.20. The number of amides is 2. The minimum absolute atomic E-state index is 0.0804. The highest BCUT2D eigenvalue weighted by atomic mass is 16.5. The summed E-state index contributed by atoms with van der Waals surface area (Å²) >= 11 is 0. The number of anilines is 2. The number of nitrogens with zero attached hydrogens (tertiary/aromatic N) is 5. The van der Waals surface area contributed by atoms with Crippen molar-refractivity contribution in [1.82, 2.24) is 24.3 Å². The first kappa shape index (κ1) is 24.1.